The smallest absolute Gasteiger partial charge is 0.398 e. The van der Waals surface area contributed by atoms with Crippen LogP contribution < -0.4 is 21.3 Å². The van der Waals surface area contributed by atoms with E-state index in [1.807, 2.05) is 37.2 Å². The van der Waals surface area contributed by atoms with Crippen molar-refractivity contribution in [3.63, 3.8) is 0 Å². The van der Waals surface area contributed by atoms with E-state index in [1.165, 1.54) is 0 Å². The molecule has 3 rings (SSSR count). The van der Waals surface area contributed by atoms with Crippen molar-refractivity contribution in [3.8, 4) is 0 Å². The number of amides is 2. The molecule has 1 saturated heterocycles. The first-order valence-electron chi connectivity index (χ1n) is 10.7. The van der Waals surface area contributed by atoms with Crippen molar-refractivity contribution in [3.05, 3.63) is 58.1 Å². The average Bonchev–Trinajstić information content (AvgIpc) is 3.19. The Bertz CT molecular complexity index is 1060. The van der Waals surface area contributed by atoms with E-state index >= 15 is 0 Å². The molecule has 1 aliphatic rings. The molecule has 1 atom stereocenters. The van der Waals surface area contributed by atoms with Crippen LogP contribution in [0.4, 0.5) is 24.5 Å². The number of hydrogen-bond donors (Lipinski definition) is 3. The van der Waals surface area contributed by atoms with Gasteiger partial charge in [0.15, 0.2) is 0 Å². The summed E-state index contributed by atoms with van der Waals surface area (Å²) in [7, 11) is 3.85. The summed E-state index contributed by atoms with van der Waals surface area (Å²) >= 11 is 6.23. The number of likely N-dealkylation sites (tertiary alicyclic amines) is 1. The molecule has 11 heteroatoms. The SMILES string of the molecule is CN(C)c1cc(CN2CCC(NC(=O)CNC(=O)c3cc(C(F)(F)F)ccc3N)C2)ccc1Cl. The van der Waals surface area contributed by atoms with E-state index in [0.29, 0.717) is 24.2 Å². The number of carbonyl (C=O) groups is 2. The molecule has 1 unspecified atom stereocenters. The number of nitrogens with two attached hydrogens (primary N) is 1. The van der Waals surface area contributed by atoms with Crippen molar-refractivity contribution in [2.75, 3.05) is 44.4 Å². The Kier molecular flexibility index (Phi) is 7.93. The van der Waals surface area contributed by atoms with E-state index in [9.17, 15) is 22.8 Å². The summed E-state index contributed by atoms with van der Waals surface area (Å²) in [6, 6.07) is 8.27. The van der Waals surface area contributed by atoms with Crippen molar-refractivity contribution in [2.24, 2.45) is 0 Å². The average molecular weight is 498 g/mol. The van der Waals surface area contributed by atoms with Crippen LogP contribution in [0, 0.1) is 0 Å². The van der Waals surface area contributed by atoms with Crippen LogP contribution in [0.3, 0.4) is 0 Å². The molecule has 1 aliphatic heterocycles. The maximum atomic E-state index is 12.9. The number of rotatable bonds is 7. The van der Waals surface area contributed by atoms with Crippen LogP contribution in [-0.4, -0.2) is 56.5 Å². The van der Waals surface area contributed by atoms with E-state index in [1.54, 1.807) is 0 Å². The lowest BCUT2D eigenvalue weighted by Gasteiger charge is -2.20. The molecule has 2 amide bonds. The van der Waals surface area contributed by atoms with Gasteiger partial charge in [-0.05, 0) is 42.3 Å². The topological polar surface area (TPSA) is 90.7 Å². The van der Waals surface area contributed by atoms with Gasteiger partial charge in [0.25, 0.3) is 5.91 Å². The molecule has 0 aromatic heterocycles. The predicted molar refractivity (Wildman–Crippen MR) is 126 cm³/mol. The highest BCUT2D eigenvalue weighted by molar-refractivity contribution is 6.33. The number of halogens is 4. The van der Waals surface area contributed by atoms with Gasteiger partial charge in [0, 0.05) is 45.5 Å². The number of alkyl halides is 3. The third-order valence-corrected chi connectivity index (χ3v) is 5.89. The van der Waals surface area contributed by atoms with Crippen LogP contribution in [0.5, 0.6) is 0 Å². The Balaban J connectivity index is 1.49. The highest BCUT2D eigenvalue weighted by Gasteiger charge is 2.31. The molecule has 0 radical (unpaired) electrons. The summed E-state index contributed by atoms with van der Waals surface area (Å²) in [5.41, 5.74) is 6.26. The van der Waals surface area contributed by atoms with E-state index in [4.69, 9.17) is 17.3 Å². The highest BCUT2D eigenvalue weighted by Crippen LogP contribution is 2.31. The second-order valence-corrected chi connectivity index (χ2v) is 8.86. The fourth-order valence-corrected chi connectivity index (χ4v) is 4.10. The Morgan fingerprint density at radius 2 is 1.94 bits per heavy atom. The minimum Gasteiger partial charge on any atom is -0.398 e. The standard InChI is InChI=1S/C23H27ClF3N5O2/c1-31(2)20-9-14(3-5-18(20)24)12-32-8-7-16(13-32)30-21(33)11-29-22(34)17-10-15(23(25,26)27)4-6-19(17)28/h3-6,9-10,16H,7-8,11-13,28H2,1-2H3,(H,29,34)(H,30,33). The van der Waals surface area contributed by atoms with Crippen LogP contribution >= 0.6 is 11.6 Å². The van der Waals surface area contributed by atoms with Crippen LogP contribution in [0.25, 0.3) is 0 Å². The van der Waals surface area contributed by atoms with Gasteiger partial charge in [-0.25, -0.2) is 0 Å². The maximum Gasteiger partial charge on any atom is 0.416 e. The van der Waals surface area contributed by atoms with Crippen molar-refractivity contribution in [1.29, 1.82) is 0 Å². The quantitative estimate of drug-likeness (QED) is 0.511. The molecule has 0 bridgehead atoms. The lowest BCUT2D eigenvalue weighted by molar-refractivity contribution is -0.137. The Morgan fingerprint density at radius 1 is 1.21 bits per heavy atom. The minimum absolute atomic E-state index is 0.0938. The molecular formula is C23H27ClF3N5O2. The lowest BCUT2D eigenvalue weighted by atomic mass is 10.1. The van der Waals surface area contributed by atoms with Gasteiger partial charge in [0.2, 0.25) is 5.91 Å². The molecule has 0 spiro atoms. The largest absolute Gasteiger partial charge is 0.416 e. The number of nitrogens with one attached hydrogen (secondary N) is 2. The molecule has 2 aromatic rings. The molecule has 1 fully saturated rings. The number of benzene rings is 2. The van der Waals surface area contributed by atoms with Crippen LogP contribution in [0.15, 0.2) is 36.4 Å². The first-order valence-corrected chi connectivity index (χ1v) is 11.0. The van der Waals surface area contributed by atoms with Gasteiger partial charge in [-0.2, -0.15) is 13.2 Å². The molecule has 0 saturated carbocycles. The molecule has 0 aliphatic carbocycles. The summed E-state index contributed by atoms with van der Waals surface area (Å²) in [6.45, 7) is 1.77. The third kappa shape index (κ3) is 6.54. The zero-order chi connectivity index (χ0) is 25.0. The second kappa shape index (κ2) is 10.5. The van der Waals surface area contributed by atoms with Gasteiger partial charge in [-0.15, -0.1) is 0 Å². The molecule has 7 nitrogen and oxygen atoms in total. The zero-order valence-corrected chi connectivity index (χ0v) is 19.6. The molecule has 184 valence electrons. The van der Waals surface area contributed by atoms with Crippen LogP contribution in [0.1, 0.15) is 27.9 Å². The van der Waals surface area contributed by atoms with Crippen molar-refractivity contribution in [2.45, 2.75) is 25.2 Å². The number of hydrogen-bond acceptors (Lipinski definition) is 5. The van der Waals surface area contributed by atoms with Crippen molar-refractivity contribution < 1.29 is 22.8 Å². The van der Waals surface area contributed by atoms with Crippen molar-refractivity contribution >= 4 is 34.8 Å². The van der Waals surface area contributed by atoms with E-state index in [0.717, 1.165) is 36.3 Å². The zero-order valence-electron chi connectivity index (χ0n) is 18.9. The number of nitrogen functional groups attached to an aromatic ring is 1. The molecular weight excluding hydrogens is 471 g/mol. The summed E-state index contributed by atoms with van der Waals surface area (Å²) in [4.78, 5) is 28.7. The fraction of sp³-hybridized carbons (Fsp3) is 0.391. The Hall–Kier alpha value is -2.98. The van der Waals surface area contributed by atoms with Gasteiger partial charge < -0.3 is 21.3 Å². The lowest BCUT2D eigenvalue weighted by Crippen LogP contribution is -2.43. The van der Waals surface area contributed by atoms with Gasteiger partial charge in [0.1, 0.15) is 0 Å². The predicted octanol–water partition coefficient (Wildman–Crippen LogP) is 3.13. The first-order chi connectivity index (χ1) is 15.9. The first kappa shape index (κ1) is 25.6. The molecule has 1 heterocycles. The van der Waals surface area contributed by atoms with Gasteiger partial charge in [0.05, 0.1) is 28.4 Å². The molecule has 2 aromatic carbocycles. The Morgan fingerprint density at radius 3 is 2.62 bits per heavy atom. The van der Waals surface area contributed by atoms with Gasteiger partial charge in [-0.1, -0.05) is 17.7 Å². The molecule has 4 N–H and O–H groups in total. The van der Waals surface area contributed by atoms with Crippen molar-refractivity contribution in [1.82, 2.24) is 15.5 Å². The number of nitrogens with zero attached hydrogens (tertiary/aromatic N) is 2. The van der Waals surface area contributed by atoms with Gasteiger partial charge >= 0.3 is 6.18 Å². The number of anilines is 2. The van der Waals surface area contributed by atoms with Crippen LogP contribution in [0.2, 0.25) is 5.02 Å². The highest BCUT2D eigenvalue weighted by atomic mass is 35.5. The van der Waals surface area contributed by atoms with E-state index in [-0.39, 0.29) is 23.8 Å². The maximum absolute atomic E-state index is 12.9. The summed E-state index contributed by atoms with van der Waals surface area (Å²) < 4.78 is 38.7. The summed E-state index contributed by atoms with van der Waals surface area (Å²) in [6.07, 6.45) is -3.86. The third-order valence-electron chi connectivity index (χ3n) is 5.57. The number of carbonyl (C=O) groups excluding carboxylic acids is 2. The fourth-order valence-electron chi connectivity index (χ4n) is 3.82. The minimum atomic E-state index is -4.60. The van der Waals surface area contributed by atoms with E-state index < -0.39 is 23.6 Å². The summed E-state index contributed by atoms with van der Waals surface area (Å²) in [5, 5.41) is 5.87. The second-order valence-electron chi connectivity index (χ2n) is 8.45. The summed E-state index contributed by atoms with van der Waals surface area (Å²) in [5.74, 6) is -1.27. The van der Waals surface area contributed by atoms with E-state index in [2.05, 4.69) is 15.5 Å². The Labute approximate surface area is 201 Å². The van der Waals surface area contributed by atoms with Gasteiger partial charge in [-0.3, -0.25) is 14.5 Å². The van der Waals surface area contributed by atoms with Crippen LogP contribution in [-0.2, 0) is 17.5 Å². The molecule has 34 heavy (non-hydrogen) atoms. The monoisotopic (exact) mass is 497 g/mol. The normalized spacial score (nSPS) is 16.4.